The van der Waals surface area contributed by atoms with Gasteiger partial charge in [-0.05, 0) is 40.7 Å². The average Bonchev–Trinajstić information content (AvgIpc) is 3.69. The summed E-state index contributed by atoms with van der Waals surface area (Å²) in [6.07, 6.45) is 7.54. The number of benzene rings is 5. The van der Waals surface area contributed by atoms with Crippen molar-refractivity contribution in [2.75, 3.05) is 5.32 Å². The van der Waals surface area contributed by atoms with E-state index in [9.17, 15) is 9.59 Å². The molecule has 0 spiro atoms. The summed E-state index contributed by atoms with van der Waals surface area (Å²) in [5.41, 5.74) is 7.71. The second-order valence-electron chi connectivity index (χ2n) is 14.5. The second kappa shape index (κ2) is 16.0. The number of aliphatic imine (C=N–C) groups is 1. The van der Waals surface area contributed by atoms with Gasteiger partial charge in [0.2, 0.25) is 6.17 Å². The largest absolute Gasteiger partial charge is 0.445 e. The fourth-order valence-corrected chi connectivity index (χ4v) is 8.31. The van der Waals surface area contributed by atoms with Crippen LogP contribution in [-0.4, -0.2) is 33.4 Å². The number of nitrogens with one attached hydrogen (secondary N) is 2. The maximum atomic E-state index is 14.0. The zero-order valence-electron chi connectivity index (χ0n) is 31.0. The fraction of sp³-hybridized carbons (Fsp3) is 0.234. The molecule has 1 aliphatic carbocycles. The van der Waals surface area contributed by atoms with Crippen molar-refractivity contribution >= 4 is 23.4 Å². The van der Waals surface area contributed by atoms with Gasteiger partial charge in [0, 0.05) is 23.6 Å². The van der Waals surface area contributed by atoms with Crippen molar-refractivity contribution in [3.8, 4) is 0 Å². The van der Waals surface area contributed by atoms with Gasteiger partial charge >= 0.3 is 6.09 Å². The molecule has 0 saturated heterocycles. The number of carbonyl (C=O) groups is 2. The summed E-state index contributed by atoms with van der Waals surface area (Å²) in [6, 6.07) is 47.2. The summed E-state index contributed by atoms with van der Waals surface area (Å²) in [5.74, 6) is -0.451. The summed E-state index contributed by atoms with van der Waals surface area (Å²) < 4.78 is 7.73. The van der Waals surface area contributed by atoms with Gasteiger partial charge in [0.05, 0.1) is 23.4 Å². The van der Waals surface area contributed by atoms with E-state index in [1.807, 2.05) is 67.0 Å². The SMILES string of the molecule is CC(c1cn(C(c2ccccc2)(c2ccccc2)c2ccccc2)cn1)c1cccc2c1NC(=O)C(NC(=O)OCc1ccccc1)N=C2C1CCCCC1. The molecule has 1 aliphatic heterocycles. The minimum Gasteiger partial charge on any atom is -0.445 e. The molecule has 1 saturated carbocycles. The minimum atomic E-state index is -1.14. The number of hydrogen-bond acceptors (Lipinski definition) is 5. The van der Waals surface area contributed by atoms with Gasteiger partial charge in [0.15, 0.2) is 0 Å². The Labute approximate surface area is 322 Å². The van der Waals surface area contributed by atoms with Crippen molar-refractivity contribution in [1.82, 2.24) is 14.9 Å². The summed E-state index contributed by atoms with van der Waals surface area (Å²) in [6.45, 7) is 2.22. The smallest absolute Gasteiger partial charge is 0.409 e. The molecule has 2 N–H and O–H groups in total. The number of anilines is 1. The molecule has 2 heterocycles. The molecule has 8 heteroatoms. The Bertz CT molecular complexity index is 2170. The van der Waals surface area contributed by atoms with Crippen molar-refractivity contribution in [1.29, 1.82) is 0 Å². The highest BCUT2D eigenvalue weighted by Gasteiger charge is 2.39. The zero-order chi connectivity index (χ0) is 37.6. The third-order valence-electron chi connectivity index (χ3n) is 11.1. The van der Waals surface area contributed by atoms with Gasteiger partial charge in [0.1, 0.15) is 12.1 Å². The normalized spacial score (nSPS) is 16.6. The van der Waals surface area contributed by atoms with Gasteiger partial charge in [0.25, 0.3) is 5.91 Å². The van der Waals surface area contributed by atoms with Crippen LogP contribution >= 0.6 is 0 Å². The lowest BCUT2D eigenvalue weighted by atomic mass is 9.76. The Hall–Kier alpha value is -6.28. The van der Waals surface area contributed by atoms with Crippen LogP contribution in [0.15, 0.2) is 157 Å². The number of carbonyl (C=O) groups excluding carboxylic acids is 2. The lowest BCUT2D eigenvalue weighted by Gasteiger charge is -2.37. The zero-order valence-corrected chi connectivity index (χ0v) is 31.0. The maximum Gasteiger partial charge on any atom is 0.409 e. The molecule has 276 valence electrons. The monoisotopic (exact) mass is 727 g/mol. The molecule has 2 unspecified atom stereocenters. The van der Waals surface area contributed by atoms with Gasteiger partial charge in [-0.1, -0.05) is 166 Å². The number of amides is 2. The maximum absolute atomic E-state index is 14.0. The van der Waals surface area contributed by atoms with E-state index < -0.39 is 23.7 Å². The van der Waals surface area contributed by atoms with E-state index in [2.05, 4.69) is 107 Å². The predicted molar refractivity (Wildman–Crippen MR) is 216 cm³/mol. The van der Waals surface area contributed by atoms with Crippen molar-refractivity contribution < 1.29 is 14.3 Å². The first kappa shape index (κ1) is 35.7. The van der Waals surface area contributed by atoms with Crippen molar-refractivity contribution in [2.45, 2.75) is 63.3 Å². The molecule has 0 radical (unpaired) electrons. The predicted octanol–water partition coefficient (Wildman–Crippen LogP) is 9.45. The van der Waals surface area contributed by atoms with Gasteiger partial charge in [-0.15, -0.1) is 0 Å². The number of fused-ring (bicyclic) bond motifs is 1. The third kappa shape index (κ3) is 7.20. The van der Waals surface area contributed by atoms with Crippen molar-refractivity contribution in [3.63, 3.8) is 0 Å². The molecule has 2 amide bonds. The molecule has 5 aromatic carbocycles. The van der Waals surface area contributed by atoms with Crippen LogP contribution in [0.5, 0.6) is 0 Å². The molecule has 2 atom stereocenters. The molecule has 55 heavy (non-hydrogen) atoms. The lowest BCUT2D eigenvalue weighted by Crippen LogP contribution is -2.42. The van der Waals surface area contributed by atoms with E-state index in [-0.39, 0.29) is 18.4 Å². The molecular formula is C47H45N5O3. The number of benzodiazepines with no additional fused rings is 1. The molecule has 8 nitrogen and oxygen atoms in total. The van der Waals surface area contributed by atoms with E-state index in [1.54, 1.807) is 0 Å². The molecule has 0 bridgehead atoms. The van der Waals surface area contributed by atoms with Crippen LogP contribution in [0.4, 0.5) is 10.5 Å². The summed E-state index contributed by atoms with van der Waals surface area (Å²) in [7, 11) is 0. The van der Waals surface area contributed by atoms with Crippen molar-refractivity contribution in [3.05, 3.63) is 191 Å². The topological polar surface area (TPSA) is 97.6 Å². The van der Waals surface area contributed by atoms with E-state index in [0.717, 1.165) is 70.5 Å². The van der Waals surface area contributed by atoms with Crippen LogP contribution in [0.3, 0.4) is 0 Å². The summed E-state index contributed by atoms with van der Waals surface area (Å²) >= 11 is 0. The molecule has 6 aromatic rings. The average molecular weight is 728 g/mol. The van der Waals surface area contributed by atoms with Gasteiger partial charge in [-0.2, -0.15) is 0 Å². The van der Waals surface area contributed by atoms with Gasteiger partial charge in [-0.3, -0.25) is 15.1 Å². The minimum absolute atomic E-state index is 0.0921. The number of hydrogen-bond donors (Lipinski definition) is 2. The fourth-order valence-electron chi connectivity index (χ4n) is 8.31. The number of nitrogens with zero attached hydrogens (tertiary/aromatic N) is 3. The highest BCUT2D eigenvalue weighted by molar-refractivity contribution is 6.13. The molecule has 1 fully saturated rings. The Morgan fingerprint density at radius 1 is 0.800 bits per heavy atom. The van der Waals surface area contributed by atoms with Crippen LogP contribution in [0.1, 0.15) is 84.0 Å². The van der Waals surface area contributed by atoms with Crippen LogP contribution < -0.4 is 10.6 Å². The Morgan fingerprint density at radius 2 is 1.38 bits per heavy atom. The van der Waals surface area contributed by atoms with Crippen molar-refractivity contribution in [2.24, 2.45) is 10.9 Å². The van der Waals surface area contributed by atoms with E-state index in [4.69, 9.17) is 14.7 Å². The van der Waals surface area contributed by atoms with E-state index >= 15 is 0 Å². The first-order valence-corrected chi connectivity index (χ1v) is 19.2. The Morgan fingerprint density at radius 3 is 1.98 bits per heavy atom. The van der Waals surface area contributed by atoms with E-state index in [1.165, 1.54) is 6.42 Å². The first-order chi connectivity index (χ1) is 27.0. The number of aromatic nitrogens is 2. The van der Waals surface area contributed by atoms with Gasteiger partial charge < -0.3 is 14.6 Å². The number of rotatable bonds is 10. The standard InChI is InChI=1S/C47H45N5O3/c1-33(41-30-52(32-48-41)47(36-22-11-4-12-23-36,37-24-13-5-14-25-37)38-26-15-6-16-27-38)39-28-17-29-40-42(35-20-9-3-10-21-35)49-44(45(53)50-43(39)40)51-46(54)55-31-34-18-7-2-8-19-34/h2,4-8,11-19,22-30,32-33,35,44H,3,9-10,20-21,31H2,1H3,(H,50,53)(H,51,54). The highest BCUT2D eigenvalue weighted by Crippen LogP contribution is 2.42. The van der Waals surface area contributed by atoms with E-state index in [0.29, 0.717) is 5.69 Å². The molecule has 8 rings (SSSR count). The molecular weight excluding hydrogens is 683 g/mol. The lowest BCUT2D eigenvalue weighted by molar-refractivity contribution is -0.117. The number of para-hydroxylation sites is 1. The number of ether oxygens (including phenoxy) is 1. The van der Waals surface area contributed by atoms with Gasteiger partial charge in [-0.25, -0.2) is 9.78 Å². The Kier molecular flexibility index (Phi) is 10.4. The first-order valence-electron chi connectivity index (χ1n) is 19.2. The molecule has 1 aromatic heterocycles. The molecule has 2 aliphatic rings. The van der Waals surface area contributed by atoms with Crippen LogP contribution in [0.25, 0.3) is 0 Å². The summed E-state index contributed by atoms with van der Waals surface area (Å²) in [5, 5.41) is 5.95. The Balaban J connectivity index is 1.16. The van der Waals surface area contributed by atoms with Crippen LogP contribution in [-0.2, 0) is 21.7 Å². The second-order valence-corrected chi connectivity index (χ2v) is 14.5. The quantitative estimate of drug-likeness (QED) is 0.137. The summed E-state index contributed by atoms with van der Waals surface area (Å²) in [4.78, 5) is 37.2. The number of imidazole rings is 1. The van der Waals surface area contributed by atoms with Crippen LogP contribution in [0.2, 0.25) is 0 Å². The van der Waals surface area contributed by atoms with Crippen LogP contribution in [0, 0.1) is 5.92 Å². The highest BCUT2D eigenvalue weighted by atomic mass is 16.5. The third-order valence-corrected chi connectivity index (χ3v) is 11.1. The number of alkyl carbamates (subject to hydrolysis) is 1.